The van der Waals surface area contributed by atoms with Crippen LogP contribution in [-0.4, -0.2) is 14.5 Å². The molecule has 0 amide bonds. The Labute approximate surface area is 264 Å². The van der Waals surface area contributed by atoms with Crippen molar-refractivity contribution in [1.82, 2.24) is 14.5 Å². The Balaban J connectivity index is 1.54. The number of aryl methyl sites for hydroxylation is 6. The monoisotopic (exact) mass is 582 g/mol. The molecule has 0 aliphatic heterocycles. The fourth-order valence-corrected chi connectivity index (χ4v) is 6.77. The normalized spacial score (nSPS) is 11.3. The van der Waals surface area contributed by atoms with Crippen LogP contribution in [0.15, 0.2) is 97.1 Å². The van der Waals surface area contributed by atoms with Crippen molar-refractivity contribution in [3.63, 3.8) is 0 Å². The molecule has 5 aromatic carbocycles. The lowest BCUT2D eigenvalue weighted by Crippen LogP contribution is -1.99. The van der Waals surface area contributed by atoms with Crippen molar-refractivity contribution in [2.45, 2.75) is 41.5 Å². The van der Waals surface area contributed by atoms with Gasteiger partial charge in [0.2, 0.25) is 0 Å². The summed E-state index contributed by atoms with van der Waals surface area (Å²) < 4.78 is 2.34. The third-order valence-corrected chi connectivity index (χ3v) is 8.50. The van der Waals surface area contributed by atoms with E-state index < -0.39 is 0 Å². The smallest absolute Gasteiger partial charge is 0.126 e. The Kier molecular flexibility index (Phi) is 6.83. The number of hydrogen-bond donors (Lipinski definition) is 0. The molecule has 4 nitrogen and oxygen atoms in total. The number of nitrogens with zero attached hydrogens (tertiary/aromatic N) is 4. The molecule has 0 aliphatic rings. The zero-order chi connectivity index (χ0) is 31.4. The Morgan fingerprint density at radius 3 is 1.56 bits per heavy atom. The van der Waals surface area contributed by atoms with E-state index in [0.29, 0.717) is 11.4 Å². The molecule has 7 rings (SSSR count). The minimum atomic E-state index is 0.587. The van der Waals surface area contributed by atoms with Crippen LogP contribution in [0.1, 0.15) is 39.3 Å². The molecule has 2 heterocycles. The van der Waals surface area contributed by atoms with Gasteiger partial charge in [-0.2, -0.15) is 5.26 Å². The third-order valence-electron chi connectivity index (χ3n) is 8.50. The first-order valence-electron chi connectivity index (χ1n) is 15.3. The summed E-state index contributed by atoms with van der Waals surface area (Å²) in [4.78, 5) is 9.20. The molecule has 0 unspecified atom stereocenters. The first-order valence-corrected chi connectivity index (χ1v) is 15.3. The molecule has 7 aromatic rings. The Morgan fingerprint density at radius 1 is 0.533 bits per heavy atom. The molecule has 2 aromatic heterocycles. The third kappa shape index (κ3) is 5.17. The van der Waals surface area contributed by atoms with E-state index >= 15 is 0 Å². The quantitative estimate of drug-likeness (QED) is 0.207. The summed E-state index contributed by atoms with van der Waals surface area (Å²) in [5.74, 6) is 0.687. The van der Waals surface area contributed by atoms with Crippen LogP contribution < -0.4 is 0 Å². The van der Waals surface area contributed by atoms with Crippen LogP contribution in [0.25, 0.3) is 61.0 Å². The minimum Gasteiger partial charge on any atom is -0.309 e. The van der Waals surface area contributed by atoms with Gasteiger partial charge in [0.25, 0.3) is 0 Å². The van der Waals surface area contributed by atoms with Crippen molar-refractivity contribution in [3.05, 3.63) is 136 Å². The number of rotatable bonds is 4. The molecular weight excluding hydrogens is 548 g/mol. The van der Waals surface area contributed by atoms with Gasteiger partial charge in [-0.3, -0.25) is 0 Å². The van der Waals surface area contributed by atoms with Gasteiger partial charge in [-0.15, -0.1) is 0 Å². The first kappa shape index (κ1) is 28.3. The lowest BCUT2D eigenvalue weighted by Gasteiger charge is -2.13. The molecule has 45 heavy (non-hydrogen) atoms. The number of nitriles is 1. The predicted octanol–water partition coefficient (Wildman–Crippen LogP) is 10.3. The van der Waals surface area contributed by atoms with Crippen LogP contribution in [0.5, 0.6) is 0 Å². The second-order valence-corrected chi connectivity index (χ2v) is 12.3. The van der Waals surface area contributed by atoms with Crippen molar-refractivity contribution in [3.8, 4) is 45.3 Å². The molecule has 0 atom stereocenters. The number of fused-ring (bicyclic) bond motifs is 3. The summed E-state index contributed by atoms with van der Waals surface area (Å²) >= 11 is 0. The van der Waals surface area contributed by atoms with Gasteiger partial charge in [0.1, 0.15) is 5.82 Å². The van der Waals surface area contributed by atoms with Gasteiger partial charge in [0, 0.05) is 27.7 Å². The first-order chi connectivity index (χ1) is 21.7. The average molecular weight is 583 g/mol. The van der Waals surface area contributed by atoms with Gasteiger partial charge in [-0.25, -0.2) is 9.97 Å². The topological polar surface area (TPSA) is 54.5 Å². The predicted molar refractivity (Wildman–Crippen MR) is 186 cm³/mol. The summed E-state index contributed by atoms with van der Waals surface area (Å²) in [5, 5.41) is 12.5. The highest BCUT2D eigenvalue weighted by atomic mass is 15.0. The maximum Gasteiger partial charge on any atom is 0.126 e. The Morgan fingerprint density at radius 2 is 1.07 bits per heavy atom. The van der Waals surface area contributed by atoms with E-state index in [1.807, 2.05) is 26.0 Å². The van der Waals surface area contributed by atoms with Crippen LogP contribution in [0.3, 0.4) is 0 Å². The maximum absolute atomic E-state index is 10.1. The molecule has 0 saturated carbocycles. The van der Waals surface area contributed by atoms with Crippen LogP contribution in [-0.2, 0) is 0 Å². The van der Waals surface area contributed by atoms with Crippen molar-refractivity contribution in [1.29, 1.82) is 5.26 Å². The fraction of sp³-hybridized carbons (Fsp3) is 0.146. The lowest BCUT2D eigenvalue weighted by molar-refractivity contribution is 1.01. The highest BCUT2D eigenvalue weighted by molar-refractivity contribution is 6.11. The molecule has 0 aliphatic carbocycles. The SMILES string of the molecule is Cc1cc(C)cc(-c2ccc3c4ccc(-c5cc(C)cc(C)c5)cc4n(-c4ccc(C#N)c(-c5cc(C)nc(C)n5)c4)c3c2)c1. The van der Waals surface area contributed by atoms with E-state index in [1.165, 1.54) is 55.3 Å². The van der Waals surface area contributed by atoms with Gasteiger partial charge in [-0.1, -0.05) is 82.9 Å². The average Bonchev–Trinajstić information content (AvgIpc) is 3.32. The van der Waals surface area contributed by atoms with E-state index in [-0.39, 0.29) is 0 Å². The van der Waals surface area contributed by atoms with Crippen molar-refractivity contribution in [2.75, 3.05) is 0 Å². The molecule has 218 valence electrons. The Hall–Kier alpha value is -5.53. The summed E-state index contributed by atoms with van der Waals surface area (Å²) in [6, 6.07) is 37.4. The van der Waals surface area contributed by atoms with Gasteiger partial charge in [0.05, 0.1) is 28.4 Å². The zero-order valence-electron chi connectivity index (χ0n) is 26.5. The van der Waals surface area contributed by atoms with Crippen LogP contribution in [0.4, 0.5) is 0 Å². The molecule has 0 saturated heterocycles. The standard InChI is InChI=1S/C41H34N4/c1-24-13-25(2)16-33(15-24)30-8-11-36-37-12-9-31(34-17-26(3)14-27(4)18-34)21-41(37)45(40(36)20-30)35-10-7-32(23-42)38(22-35)39-19-28(5)43-29(6)44-39/h7-22H,1-6H3. The molecule has 4 heteroatoms. The minimum absolute atomic E-state index is 0.587. The van der Waals surface area contributed by atoms with E-state index in [4.69, 9.17) is 4.98 Å². The van der Waals surface area contributed by atoms with E-state index in [0.717, 1.165) is 33.7 Å². The fourth-order valence-electron chi connectivity index (χ4n) is 6.77. The van der Waals surface area contributed by atoms with Gasteiger partial charge < -0.3 is 4.57 Å². The van der Waals surface area contributed by atoms with Crippen molar-refractivity contribution >= 4 is 21.8 Å². The maximum atomic E-state index is 10.1. The summed E-state index contributed by atoms with van der Waals surface area (Å²) in [6.07, 6.45) is 0. The number of benzene rings is 5. The van der Waals surface area contributed by atoms with Gasteiger partial charge >= 0.3 is 0 Å². The molecule has 0 fully saturated rings. The van der Waals surface area contributed by atoms with E-state index in [9.17, 15) is 5.26 Å². The summed E-state index contributed by atoms with van der Waals surface area (Å²) in [5.41, 5.74) is 16.0. The van der Waals surface area contributed by atoms with E-state index in [1.54, 1.807) is 0 Å². The second kappa shape index (κ2) is 10.9. The number of aromatic nitrogens is 3. The van der Waals surface area contributed by atoms with Crippen LogP contribution >= 0.6 is 0 Å². The lowest BCUT2D eigenvalue weighted by atomic mass is 9.98. The van der Waals surface area contributed by atoms with Crippen molar-refractivity contribution < 1.29 is 0 Å². The van der Waals surface area contributed by atoms with Gasteiger partial charge in [0.15, 0.2) is 0 Å². The number of hydrogen-bond acceptors (Lipinski definition) is 3. The van der Waals surface area contributed by atoms with Crippen molar-refractivity contribution in [2.24, 2.45) is 0 Å². The van der Waals surface area contributed by atoms with E-state index in [2.05, 4.69) is 128 Å². The van der Waals surface area contributed by atoms with Gasteiger partial charge in [-0.05, 0) is 100 Å². The largest absolute Gasteiger partial charge is 0.309 e. The molecule has 0 bridgehead atoms. The highest BCUT2D eigenvalue weighted by Gasteiger charge is 2.17. The van der Waals surface area contributed by atoms with Crippen LogP contribution in [0.2, 0.25) is 0 Å². The second-order valence-electron chi connectivity index (χ2n) is 12.3. The highest BCUT2D eigenvalue weighted by Crippen LogP contribution is 2.38. The molecule has 0 radical (unpaired) electrons. The Bertz CT molecular complexity index is 2180. The molecule has 0 spiro atoms. The zero-order valence-corrected chi connectivity index (χ0v) is 26.5. The summed E-state index contributed by atoms with van der Waals surface area (Å²) in [6.45, 7) is 12.4. The summed E-state index contributed by atoms with van der Waals surface area (Å²) in [7, 11) is 0. The molecular formula is C41H34N4. The molecule has 0 N–H and O–H groups in total. The van der Waals surface area contributed by atoms with Crippen LogP contribution in [0, 0.1) is 52.9 Å².